The lowest BCUT2D eigenvalue weighted by Gasteiger charge is -2.36. The van der Waals surface area contributed by atoms with E-state index in [0.717, 1.165) is 35.7 Å². The highest BCUT2D eigenvalue weighted by molar-refractivity contribution is 5.85. The van der Waals surface area contributed by atoms with Crippen LogP contribution in [0.4, 0.5) is 0 Å². The van der Waals surface area contributed by atoms with E-state index in [1.165, 1.54) is 88.5 Å². The first-order valence-electron chi connectivity index (χ1n) is 15.1. The van der Waals surface area contributed by atoms with Crippen LogP contribution in [0.15, 0.2) is 30.6 Å². The van der Waals surface area contributed by atoms with Gasteiger partial charge in [0.05, 0.1) is 12.2 Å². The van der Waals surface area contributed by atoms with Gasteiger partial charge in [0.1, 0.15) is 17.1 Å². The van der Waals surface area contributed by atoms with Crippen molar-refractivity contribution in [2.24, 2.45) is 5.92 Å². The molecule has 1 saturated heterocycles. The fraction of sp³-hybridized carbons (Fsp3) is 0.667. The third kappa shape index (κ3) is 7.66. The summed E-state index contributed by atoms with van der Waals surface area (Å²) in [6.45, 7) is 15.9. The summed E-state index contributed by atoms with van der Waals surface area (Å²) in [5.41, 5.74) is 4.32. The Morgan fingerprint density at radius 2 is 1.82 bits per heavy atom. The average molecular weight is 543 g/mol. The summed E-state index contributed by atoms with van der Waals surface area (Å²) >= 11 is 0. The zero-order valence-electron chi connectivity index (χ0n) is 24.6. The van der Waals surface area contributed by atoms with Crippen LogP contribution in [-0.2, 0) is 5.60 Å². The van der Waals surface area contributed by atoms with E-state index in [-0.39, 0.29) is 12.4 Å². The van der Waals surface area contributed by atoms with Crippen molar-refractivity contribution in [2.45, 2.75) is 110 Å². The number of halogens is 1. The molecular formula is C33H51ClN2O2. The lowest BCUT2D eigenvalue weighted by atomic mass is 9.82. The molecular weight excluding hydrogens is 492 g/mol. The third-order valence-electron chi connectivity index (χ3n) is 8.66. The minimum Gasteiger partial charge on any atom is -0.493 e. The highest BCUT2D eigenvalue weighted by Crippen LogP contribution is 2.50. The summed E-state index contributed by atoms with van der Waals surface area (Å²) in [6.07, 6.45) is 16.7. The van der Waals surface area contributed by atoms with Gasteiger partial charge in [-0.3, -0.25) is 4.98 Å². The summed E-state index contributed by atoms with van der Waals surface area (Å²) in [7, 11) is 0. The Balaban J connectivity index is 0.00000400. The number of rotatable bonds is 13. The van der Waals surface area contributed by atoms with E-state index in [1.54, 1.807) is 0 Å². The van der Waals surface area contributed by atoms with Crippen LogP contribution in [0.5, 0.6) is 11.5 Å². The molecule has 4 nitrogen and oxygen atoms in total. The van der Waals surface area contributed by atoms with Crippen molar-refractivity contribution in [3.63, 3.8) is 0 Å². The third-order valence-corrected chi connectivity index (χ3v) is 8.66. The Morgan fingerprint density at radius 3 is 2.58 bits per heavy atom. The summed E-state index contributed by atoms with van der Waals surface area (Å²) in [6, 6.07) is 6.67. The molecule has 4 rings (SSSR count). The molecule has 2 aromatic rings. The molecule has 2 atom stereocenters. The van der Waals surface area contributed by atoms with Crippen LogP contribution in [-0.4, -0.2) is 36.1 Å². The quantitative estimate of drug-likeness (QED) is 0.236. The van der Waals surface area contributed by atoms with Crippen molar-refractivity contribution in [3.8, 4) is 22.6 Å². The van der Waals surface area contributed by atoms with E-state index in [1.807, 2.05) is 12.4 Å². The Bertz CT molecular complexity index is 1000. The number of piperidine rings is 1. The van der Waals surface area contributed by atoms with Gasteiger partial charge in [0.2, 0.25) is 0 Å². The van der Waals surface area contributed by atoms with E-state index in [2.05, 4.69) is 62.7 Å². The molecule has 1 aromatic heterocycles. The summed E-state index contributed by atoms with van der Waals surface area (Å²) in [5, 5.41) is 0. The first-order chi connectivity index (χ1) is 17.9. The number of likely N-dealkylation sites (tertiary alicyclic amines) is 1. The summed E-state index contributed by atoms with van der Waals surface area (Å²) in [4.78, 5) is 7.12. The molecule has 0 saturated carbocycles. The van der Waals surface area contributed by atoms with Crippen molar-refractivity contribution >= 4 is 12.4 Å². The lowest BCUT2D eigenvalue weighted by Crippen LogP contribution is -2.30. The maximum atomic E-state index is 6.65. The predicted octanol–water partition coefficient (Wildman–Crippen LogP) is 9.15. The van der Waals surface area contributed by atoms with Gasteiger partial charge in [0, 0.05) is 23.5 Å². The largest absolute Gasteiger partial charge is 0.493 e. The lowest BCUT2D eigenvalue weighted by molar-refractivity contribution is 0.105. The van der Waals surface area contributed by atoms with E-state index in [4.69, 9.17) is 9.47 Å². The standard InChI is InChI=1S/C33H50N2O2.ClH/c1-6-7-10-15-25(2)26(3)27-22-30(36-21-14-9-13-20-35-18-11-8-12-19-35)32-28-24-34-17-16-29(28)33(4,5)37-31(32)23-27;/h16-17,22-26H,6-15,18-21H2,1-5H3;1H. The Morgan fingerprint density at radius 1 is 1.03 bits per heavy atom. The molecule has 0 spiro atoms. The average Bonchev–Trinajstić information content (AvgIpc) is 2.90. The number of unbranched alkanes of at least 4 members (excludes halogenated alkanes) is 4. The molecule has 2 aliphatic heterocycles. The van der Waals surface area contributed by atoms with Crippen molar-refractivity contribution in [1.29, 1.82) is 0 Å². The van der Waals surface area contributed by atoms with Crippen LogP contribution in [0.25, 0.3) is 11.1 Å². The molecule has 0 aliphatic carbocycles. The molecule has 2 unspecified atom stereocenters. The van der Waals surface area contributed by atoms with Crippen LogP contribution < -0.4 is 9.47 Å². The minimum atomic E-state index is -0.397. The van der Waals surface area contributed by atoms with Crippen LogP contribution in [0.1, 0.15) is 116 Å². The zero-order valence-corrected chi connectivity index (χ0v) is 25.4. The second kappa shape index (κ2) is 14.6. The first kappa shape index (κ1) is 30.8. The number of hydrogen-bond donors (Lipinski definition) is 0. The van der Waals surface area contributed by atoms with Crippen molar-refractivity contribution in [1.82, 2.24) is 9.88 Å². The van der Waals surface area contributed by atoms with Crippen LogP contribution in [0.2, 0.25) is 0 Å². The summed E-state index contributed by atoms with van der Waals surface area (Å²) in [5.74, 6) is 2.98. The molecule has 0 amide bonds. The predicted molar refractivity (Wildman–Crippen MR) is 162 cm³/mol. The molecule has 1 fully saturated rings. The van der Waals surface area contributed by atoms with Gasteiger partial charge in [-0.05, 0) is 101 Å². The van der Waals surface area contributed by atoms with Crippen molar-refractivity contribution in [2.75, 3.05) is 26.2 Å². The SMILES string of the molecule is CCCCCC(C)C(C)c1cc(OCCCCCN2CCCCC2)c2c(c1)OC(C)(C)c1ccncc1-2.Cl. The number of benzene rings is 1. The normalized spacial score (nSPS) is 17.9. The molecule has 5 heteroatoms. The molecule has 0 bridgehead atoms. The van der Waals surface area contributed by atoms with Gasteiger partial charge < -0.3 is 14.4 Å². The van der Waals surface area contributed by atoms with Crippen LogP contribution in [0.3, 0.4) is 0 Å². The van der Waals surface area contributed by atoms with Crippen LogP contribution in [0, 0.1) is 5.92 Å². The maximum Gasteiger partial charge on any atom is 0.132 e. The molecule has 3 heterocycles. The van der Waals surface area contributed by atoms with Gasteiger partial charge in [-0.15, -0.1) is 12.4 Å². The zero-order chi connectivity index (χ0) is 26.3. The second-order valence-corrected chi connectivity index (χ2v) is 12.0. The van der Waals surface area contributed by atoms with Gasteiger partial charge in [-0.25, -0.2) is 0 Å². The smallest absolute Gasteiger partial charge is 0.132 e. The van der Waals surface area contributed by atoms with E-state index >= 15 is 0 Å². The fourth-order valence-corrected chi connectivity index (χ4v) is 6.06. The highest BCUT2D eigenvalue weighted by Gasteiger charge is 2.35. The maximum absolute atomic E-state index is 6.65. The Hall–Kier alpha value is -1.78. The van der Waals surface area contributed by atoms with Crippen LogP contribution >= 0.6 is 12.4 Å². The molecule has 1 aromatic carbocycles. The van der Waals surface area contributed by atoms with Crippen molar-refractivity contribution in [3.05, 3.63) is 41.7 Å². The Kier molecular flexibility index (Phi) is 11.8. The second-order valence-electron chi connectivity index (χ2n) is 12.0. The molecule has 38 heavy (non-hydrogen) atoms. The minimum absolute atomic E-state index is 0. The van der Waals surface area contributed by atoms with Gasteiger partial charge in [-0.2, -0.15) is 0 Å². The first-order valence-corrected chi connectivity index (χ1v) is 15.1. The summed E-state index contributed by atoms with van der Waals surface area (Å²) < 4.78 is 13.2. The Labute approximate surface area is 238 Å². The molecule has 0 N–H and O–H groups in total. The molecule has 212 valence electrons. The number of nitrogens with zero attached hydrogens (tertiary/aromatic N) is 2. The monoisotopic (exact) mass is 542 g/mol. The van der Waals surface area contributed by atoms with Crippen molar-refractivity contribution < 1.29 is 9.47 Å². The number of aromatic nitrogens is 1. The topological polar surface area (TPSA) is 34.6 Å². The highest BCUT2D eigenvalue weighted by atomic mass is 35.5. The van der Waals surface area contributed by atoms with Gasteiger partial charge >= 0.3 is 0 Å². The number of pyridine rings is 1. The van der Waals surface area contributed by atoms with E-state index in [0.29, 0.717) is 11.8 Å². The molecule has 0 radical (unpaired) electrons. The number of fused-ring (bicyclic) bond motifs is 3. The van der Waals surface area contributed by atoms with E-state index < -0.39 is 5.60 Å². The van der Waals surface area contributed by atoms with Gasteiger partial charge in [0.15, 0.2) is 0 Å². The number of hydrogen-bond acceptors (Lipinski definition) is 4. The van der Waals surface area contributed by atoms with E-state index in [9.17, 15) is 0 Å². The van der Waals surface area contributed by atoms with Gasteiger partial charge in [-0.1, -0.05) is 52.9 Å². The number of ether oxygens (including phenoxy) is 2. The fourth-order valence-electron chi connectivity index (χ4n) is 6.06. The molecule has 2 aliphatic rings. The van der Waals surface area contributed by atoms with Gasteiger partial charge in [0.25, 0.3) is 0 Å².